The maximum absolute atomic E-state index is 14.3. The van der Waals surface area contributed by atoms with Gasteiger partial charge in [-0.3, -0.25) is 4.79 Å². The Labute approximate surface area is 319 Å². The largest absolute Gasteiger partial charge is 0.497 e. The number of para-hydroxylation sites is 1. The number of halogens is 3. The second-order valence-corrected chi connectivity index (χ2v) is 13.5. The number of aliphatic imine (C=N–C) groups is 1. The molecular weight excluding hydrogens is 713 g/mol. The number of nitrogens with zero attached hydrogens (tertiary/aromatic N) is 6. The maximum Gasteiger partial charge on any atom is 0.416 e. The first-order chi connectivity index (χ1) is 26.6. The van der Waals surface area contributed by atoms with Crippen LogP contribution in [0.1, 0.15) is 23.6 Å². The summed E-state index contributed by atoms with van der Waals surface area (Å²) in [4.78, 5) is 29.2. The number of piperazine rings is 2. The number of methoxy groups -OCH3 is 4. The minimum Gasteiger partial charge on any atom is -0.497 e. The minimum atomic E-state index is -4.62. The Balaban J connectivity index is 1.30. The lowest BCUT2D eigenvalue weighted by atomic mass is 9.95. The lowest BCUT2D eigenvalue weighted by Gasteiger charge is -2.46. The first-order valence-corrected chi connectivity index (χ1v) is 18.2. The highest BCUT2D eigenvalue weighted by molar-refractivity contribution is 6.04. The van der Waals surface area contributed by atoms with Crippen molar-refractivity contribution in [3.8, 4) is 17.2 Å². The van der Waals surface area contributed by atoms with E-state index in [9.17, 15) is 18.0 Å². The van der Waals surface area contributed by atoms with Crippen LogP contribution in [0.25, 0.3) is 0 Å². The molecule has 0 amide bonds. The highest BCUT2D eigenvalue weighted by Gasteiger charge is 2.41. The average Bonchev–Trinajstić information content (AvgIpc) is 3.22. The van der Waals surface area contributed by atoms with Gasteiger partial charge in [-0.05, 0) is 48.5 Å². The standard InChI is InChI=1S/C41H45F3N6O5/c1-52-31-10-5-8-29(25-31)46-16-20-48(21-17-46)34-13-7-12-33-35(27-38(51)55-4)50(36-24-28(41(42,43)44)14-15-37(36)54-3)40(45-39(33)34)49-22-18-47(19-23-49)30-9-6-11-32(26-30)53-2/h5-15,24-26,35H,16-23,27H2,1-4H3. The predicted molar refractivity (Wildman–Crippen MR) is 208 cm³/mol. The van der Waals surface area contributed by atoms with E-state index in [2.05, 4.69) is 25.7 Å². The highest BCUT2D eigenvalue weighted by atomic mass is 19.4. The molecule has 4 aromatic rings. The van der Waals surface area contributed by atoms with Crippen LogP contribution in [-0.2, 0) is 15.7 Å². The van der Waals surface area contributed by atoms with Gasteiger partial charge in [-0.15, -0.1) is 0 Å². The Morgan fingerprint density at radius 3 is 1.78 bits per heavy atom. The molecule has 14 heteroatoms. The van der Waals surface area contributed by atoms with Crippen LogP contribution in [0.4, 0.5) is 41.6 Å². The summed E-state index contributed by atoms with van der Waals surface area (Å²) < 4.78 is 64.7. The molecule has 290 valence electrons. The van der Waals surface area contributed by atoms with Crippen LogP contribution in [0.15, 0.2) is 89.9 Å². The van der Waals surface area contributed by atoms with Crippen molar-refractivity contribution in [2.45, 2.75) is 18.6 Å². The van der Waals surface area contributed by atoms with Gasteiger partial charge in [0, 0.05) is 81.4 Å². The normalized spacial score (nSPS) is 17.4. The molecule has 1 unspecified atom stereocenters. The summed E-state index contributed by atoms with van der Waals surface area (Å²) in [5.74, 6) is 1.69. The van der Waals surface area contributed by atoms with Crippen molar-refractivity contribution >= 4 is 40.4 Å². The molecule has 2 fully saturated rings. The molecule has 1 atom stereocenters. The molecule has 7 rings (SSSR count). The van der Waals surface area contributed by atoms with Gasteiger partial charge in [0.1, 0.15) is 17.2 Å². The first kappa shape index (κ1) is 37.5. The number of anilines is 4. The van der Waals surface area contributed by atoms with Crippen LogP contribution in [0.3, 0.4) is 0 Å². The molecule has 0 aromatic heterocycles. The summed E-state index contributed by atoms with van der Waals surface area (Å²) in [6.45, 7) is 5.14. The maximum atomic E-state index is 14.3. The molecule has 11 nitrogen and oxygen atoms in total. The summed E-state index contributed by atoms with van der Waals surface area (Å²) in [7, 11) is 6.02. The van der Waals surface area contributed by atoms with Crippen LogP contribution in [0, 0.1) is 0 Å². The van der Waals surface area contributed by atoms with Crippen molar-refractivity contribution in [2.75, 3.05) is 100 Å². The second-order valence-electron chi connectivity index (χ2n) is 13.5. The fourth-order valence-corrected chi connectivity index (χ4v) is 7.61. The molecular formula is C41H45F3N6O5. The molecule has 0 N–H and O–H groups in total. The minimum absolute atomic E-state index is 0.140. The zero-order chi connectivity index (χ0) is 38.7. The van der Waals surface area contributed by atoms with Gasteiger partial charge in [0.25, 0.3) is 0 Å². The molecule has 55 heavy (non-hydrogen) atoms. The third kappa shape index (κ3) is 7.76. The smallest absolute Gasteiger partial charge is 0.416 e. The summed E-state index contributed by atoms with van der Waals surface area (Å²) in [5.41, 5.74) is 3.67. The van der Waals surface area contributed by atoms with Gasteiger partial charge in [0.2, 0.25) is 5.96 Å². The molecule has 0 spiro atoms. The second kappa shape index (κ2) is 15.9. The summed E-state index contributed by atoms with van der Waals surface area (Å²) in [5, 5.41) is 0. The Morgan fingerprint density at radius 1 is 0.673 bits per heavy atom. The number of rotatable bonds is 9. The van der Waals surface area contributed by atoms with Crippen molar-refractivity contribution < 1.29 is 36.9 Å². The van der Waals surface area contributed by atoms with Crippen molar-refractivity contribution in [3.63, 3.8) is 0 Å². The molecule has 4 aromatic carbocycles. The van der Waals surface area contributed by atoms with E-state index in [0.29, 0.717) is 56.5 Å². The molecule has 2 saturated heterocycles. The zero-order valence-corrected chi connectivity index (χ0v) is 31.4. The summed E-state index contributed by atoms with van der Waals surface area (Å²) in [6, 6.07) is 24.3. The molecule has 3 aliphatic heterocycles. The van der Waals surface area contributed by atoms with Crippen LogP contribution in [0.2, 0.25) is 0 Å². The van der Waals surface area contributed by atoms with Crippen molar-refractivity contribution in [1.82, 2.24) is 4.90 Å². The number of hydrogen-bond donors (Lipinski definition) is 0. The number of benzene rings is 4. The highest BCUT2D eigenvalue weighted by Crippen LogP contribution is 2.48. The van der Waals surface area contributed by atoms with E-state index in [1.165, 1.54) is 20.3 Å². The Bertz CT molecular complexity index is 2030. The SMILES string of the molecule is COC(=O)CC1c2cccc(N3CCN(c4cccc(OC)c4)CC3)c2N=C(N2CCN(c3cccc(OC)c3)CC2)N1c1cc(C(F)(F)F)ccc1OC. The van der Waals surface area contributed by atoms with Crippen molar-refractivity contribution in [3.05, 3.63) is 96.1 Å². The third-order valence-electron chi connectivity index (χ3n) is 10.5. The number of ether oxygens (including phenoxy) is 4. The molecule has 0 bridgehead atoms. The molecule has 0 radical (unpaired) electrons. The number of guanidine groups is 1. The molecule has 3 heterocycles. The van der Waals surface area contributed by atoms with Gasteiger partial charge >= 0.3 is 12.1 Å². The number of esters is 1. The van der Waals surface area contributed by atoms with Gasteiger partial charge in [0.05, 0.1) is 63.5 Å². The third-order valence-corrected chi connectivity index (χ3v) is 10.5. The lowest BCUT2D eigenvalue weighted by molar-refractivity contribution is -0.141. The number of fused-ring (bicyclic) bond motifs is 1. The van der Waals surface area contributed by atoms with E-state index in [0.717, 1.165) is 53.8 Å². The van der Waals surface area contributed by atoms with Crippen molar-refractivity contribution in [2.24, 2.45) is 4.99 Å². The van der Waals surface area contributed by atoms with Crippen LogP contribution in [-0.4, -0.2) is 97.6 Å². The van der Waals surface area contributed by atoms with Gasteiger partial charge < -0.3 is 43.4 Å². The molecule has 0 aliphatic carbocycles. The van der Waals surface area contributed by atoms with Crippen LogP contribution < -0.4 is 33.8 Å². The first-order valence-electron chi connectivity index (χ1n) is 18.2. The van der Waals surface area contributed by atoms with E-state index in [-0.39, 0.29) is 17.9 Å². The number of alkyl halides is 3. The summed E-state index contributed by atoms with van der Waals surface area (Å²) in [6.07, 6.45) is -4.76. The average molecular weight is 759 g/mol. The van der Waals surface area contributed by atoms with Gasteiger partial charge in [-0.1, -0.05) is 24.3 Å². The topological polar surface area (TPSA) is 82.6 Å². The van der Waals surface area contributed by atoms with E-state index < -0.39 is 23.8 Å². The van der Waals surface area contributed by atoms with Gasteiger partial charge in [-0.2, -0.15) is 13.2 Å². The quantitative estimate of drug-likeness (QED) is 0.167. The number of carbonyl (C=O) groups excluding carboxylic acids is 1. The van der Waals surface area contributed by atoms with Crippen LogP contribution in [0.5, 0.6) is 17.2 Å². The molecule has 3 aliphatic rings. The Kier molecular flexibility index (Phi) is 10.8. The Morgan fingerprint density at radius 2 is 1.24 bits per heavy atom. The van der Waals surface area contributed by atoms with E-state index >= 15 is 0 Å². The monoisotopic (exact) mass is 758 g/mol. The van der Waals surface area contributed by atoms with Gasteiger partial charge in [-0.25, -0.2) is 4.99 Å². The zero-order valence-electron chi connectivity index (χ0n) is 31.4. The summed E-state index contributed by atoms with van der Waals surface area (Å²) >= 11 is 0. The van der Waals surface area contributed by atoms with E-state index in [4.69, 9.17) is 23.9 Å². The number of carbonyl (C=O) groups is 1. The van der Waals surface area contributed by atoms with Crippen molar-refractivity contribution in [1.29, 1.82) is 0 Å². The lowest BCUT2D eigenvalue weighted by Crippen LogP contribution is -2.55. The number of hydrogen-bond acceptors (Lipinski definition) is 11. The van der Waals surface area contributed by atoms with E-state index in [1.54, 1.807) is 19.1 Å². The Hall–Kier alpha value is -5.79. The van der Waals surface area contributed by atoms with Crippen LogP contribution >= 0.6 is 0 Å². The van der Waals surface area contributed by atoms with E-state index in [1.807, 2.05) is 60.7 Å². The van der Waals surface area contributed by atoms with Gasteiger partial charge in [0.15, 0.2) is 0 Å². The fourth-order valence-electron chi connectivity index (χ4n) is 7.61. The molecule has 0 saturated carbocycles. The predicted octanol–water partition coefficient (Wildman–Crippen LogP) is 6.99. The fraction of sp³-hybridized carbons (Fsp3) is 0.366.